The summed E-state index contributed by atoms with van der Waals surface area (Å²) in [6.07, 6.45) is -1.61. The molecule has 2 aromatic heterocycles. The van der Waals surface area contributed by atoms with E-state index in [0.717, 1.165) is 11.8 Å². The standard InChI is InChI=1S/C26H27F3N8O3/c1-30-23-22-24(32-15-31-23)37(16-33-22)19-5-2-17(3-6-19)34-25(38)35-18-4-7-21(20(14-18)26(27,28)29)40-13-10-36-8-11-39-12-9-36/h2-7,14-16H,8-13H2,1H3,(H,30,31,32)(H2,34,35,38). The third kappa shape index (κ3) is 6.24. The van der Waals surface area contributed by atoms with Gasteiger partial charge in [-0.25, -0.2) is 19.7 Å². The third-order valence-electron chi connectivity index (χ3n) is 6.29. The quantitative estimate of drug-likeness (QED) is 0.295. The highest BCUT2D eigenvalue weighted by Gasteiger charge is 2.35. The number of hydrogen-bond donors (Lipinski definition) is 3. The Morgan fingerprint density at radius 1 is 1.02 bits per heavy atom. The molecular weight excluding hydrogens is 529 g/mol. The molecule has 0 bridgehead atoms. The summed E-state index contributed by atoms with van der Waals surface area (Å²) in [4.78, 5) is 27.4. The molecule has 14 heteroatoms. The molecule has 3 heterocycles. The van der Waals surface area contributed by atoms with Gasteiger partial charge in [0, 0.05) is 43.7 Å². The second-order valence-electron chi connectivity index (χ2n) is 8.90. The molecule has 11 nitrogen and oxygen atoms in total. The molecule has 0 unspecified atom stereocenters. The van der Waals surface area contributed by atoms with Crippen molar-refractivity contribution in [3.8, 4) is 11.4 Å². The molecule has 210 valence electrons. The molecule has 0 atom stereocenters. The Bertz CT molecular complexity index is 1470. The lowest BCUT2D eigenvalue weighted by Gasteiger charge is -2.26. The number of morpholine rings is 1. The van der Waals surface area contributed by atoms with Gasteiger partial charge in [-0.3, -0.25) is 9.47 Å². The number of nitrogens with zero attached hydrogens (tertiary/aromatic N) is 5. The van der Waals surface area contributed by atoms with Crippen molar-refractivity contribution in [2.24, 2.45) is 0 Å². The number of aromatic nitrogens is 4. The van der Waals surface area contributed by atoms with E-state index in [0.29, 0.717) is 55.5 Å². The van der Waals surface area contributed by atoms with Crippen LogP contribution in [0.3, 0.4) is 0 Å². The molecule has 1 aliphatic heterocycles. The van der Waals surface area contributed by atoms with Crippen LogP contribution in [-0.4, -0.2) is 77.0 Å². The van der Waals surface area contributed by atoms with Gasteiger partial charge in [-0.05, 0) is 42.5 Å². The number of fused-ring (bicyclic) bond motifs is 1. The predicted molar refractivity (Wildman–Crippen MR) is 143 cm³/mol. The first kappa shape index (κ1) is 27.1. The first-order valence-electron chi connectivity index (χ1n) is 12.5. The monoisotopic (exact) mass is 556 g/mol. The zero-order valence-electron chi connectivity index (χ0n) is 21.5. The molecule has 0 spiro atoms. The zero-order valence-corrected chi connectivity index (χ0v) is 21.5. The molecule has 0 saturated carbocycles. The van der Waals surface area contributed by atoms with Crippen LogP contribution in [0.5, 0.6) is 5.75 Å². The first-order chi connectivity index (χ1) is 19.3. The van der Waals surface area contributed by atoms with Crippen LogP contribution in [0, 0.1) is 0 Å². The number of hydrogen-bond acceptors (Lipinski definition) is 8. The van der Waals surface area contributed by atoms with Crippen LogP contribution in [0.15, 0.2) is 55.1 Å². The minimum Gasteiger partial charge on any atom is -0.492 e. The summed E-state index contributed by atoms with van der Waals surface area (Å²) in [5.74, 6) is 0.307. The maximum Gasteiger partial charge on any atom is 0.420 e. The summed E-state index contributed by atoms with van der Waals surface area (Å²) in [7, 11) is 1.74. The van der Waals surface area contributed by atoms with Crippen molar-refractivity contribution < 1.29 is 27.4 Å². The van der Waals surface area contributed by atoms with E-state index in [2.05, 4.69) is 35.8 Å². The Morgan fingerprint density at radius 2 is 1.75 bits per heavy atom. The highest BCUT2D eigenvalue weighted by atomic mass is 19.4. The van der Waals surface area contributed by atoms with Crippen molar-refractivity contribution >= 4 is 34.4 Å². The Hall–Kier alpha value is -4.43. The number of alkyl halides is 3. The van der Waals surface area contributed by atoms with Gasteiger partial charge >= 0.3 is 12.2 Å². The molecule has 0 aliphatic carbocycles. The smallest absolute Gasteiger partial charge is 0.420 e. The van der Waals surface area contributed by atoms with Crippen LogP contribution in [0.25, 0.3) is 16.9 Å². The summed E-state index contributed by atoms with van der Waals surface area (Å²) >= 11 is 0. The Balaban J connectivity index is 1.22. The Kier molecular flexibility index (Phi) is 7.98. The van der Waals surface area contributed by atoms with Gasteiger partial charge in [0.2, 0.25) is 0 Å². The zero-order chi connectivity index (χ0) is 28.1. The average molecular weight is 557 g/mol. The van der Waals surface area contributed by atoms with Crippen molar-refractivity contribution in [3.05, 3.63) is 60.7 Å². The Morgan fingerprint density at radius 3 is 2.48 bits per heavy atom. The maximum atomic E-state index is 13.7. The van der Waals surface area contributed by atoms with Crippen LogP contribution in [0.4, 0.5) is 35.2 Å². The molecule has 2 amide bonds. The van der Waals surface area contributed by atoms with Crippen molar-refractivity contribution in [2.75, 3.05) is 62.5 Å². The van der Waals surface area contributed by atoms with Crippen molar-refractivity contribution in [1.82, 2.24) is 24.4 Å². The Labute approximate surface area is 227 Å². The lowest BCUT2D eigenvalue weighted by atomic mass is 10.1. The van der Waals surface area contributed by atoms with E-state index >= 15 is 0 Å². The van der Waals surface area contributed by atoms with E-state index < -0.39 is 17.8 Å². The summed E-state index contributed by atoms with van der Waals surface area (Å²) in [6.45, 7) is 3.20. The minimum absolute atomic E-state index is 0.0214. The summed E-state index contributed by atoms with van der Waals surface area (Å²) in [5, 5.41) is 8.04. The fraction of sp³-hybridized carbons (Fsp3) is 0.308. The van der Waals surface area contributed by atoms with E-state index in [1.165, 1.54) is 18.5 Å². The molecule has 40 heavy (non-hydrogen) atoms. The molecule has 2 aromatic carbocycles. The lowest BCUT2D eigenvalue weighted by molar-refractivity contribution is -0.138. The van der Waals surface area contributed by atoms with Crippen molar-refractivity contribution in [3.63, 3.8) is 0 Å². The second kappa shape index (κ2) is 11.8. The molecular formula is C26H27F3N8O3. The molecule has 0 radical (unpaired) electrons. The number of benzene rings is 2. The number of nitrogens with one attached hydrogen (secondary N) is 3. The van der Waals surface area contributed by atoms with Crippen LogP contribution in [-0.2, 0) is 10.9 Å². The average Bonchev–Trinajstić information content (AvgIpc) is 3.38. The first-order valence-corrected chi connectivity index (χ1v) is 12.5. The number of halogens is 3. The van der Waals surface area contributed by atoms with E-state index in [1.54, 1.807) is 42.2 Å². The summed E-state index contributed by atoms with van der Waals surface area (Å²) < 4.78 is 53.7. The van der Waals surface area contributed by atoms with E-state index in [9.17, 15) is 18.0 Å². The second-order valence-corrected chi connectivity index (χ2v) is 8.90. The lowest BCUT2D eigenvalue weighted by Crippen LogP contribution is -2.38. The normalized spacial score (nSPS) is 14.2. The highest BCUT2D eigenvalue weighted by molar-refractivity contribution is 6.00. The van der Waals surface area contributed by atoms with Gasteiger partial charge in [-0.1, -0.05) is 0 Å². The number of urea groups is 1. The number of amides is 2. The summed E-state index contributed by atoms with van der Waals surface area (Å²) in [5.41, 5.74) is 1.41. The number of carbonyl (C=O) groups is 1. The third-order valence-corrected chi connectivity index (χ3v) is 6.29. The predicted octanol–water partition coefficient (Wildman–Crippen LogP) is 4.23. The van der Waals surface area contributed by atoms with E-state index in [4.69, 9.17) is 9.47 Å². The minimum atomic E-state index is -4.66. The molecule has 5 rings (SSSR count). The van der Waals surface area contributed by atoms with Gasteiger partial charge in [-0.15, -0.1) is 0 Å². The van der Waals surface area contributed by atoms with Crippen molar-refractivity contribution in [2.45, 2.75) is 6.18 Å². The number of imidazole rings is 1. The van der Waals surface area contributed by atoms with Crippen LogP contribution >= 0.6 is 0 Å². The number of rotatable bonds is 8. The maximum absolute atomic E-state index is 13.7. The SMILES string of the molecule is CNc1ncnc2c1ncn2-c1ccc(NC(=O)Nc2ccc(OCCN3CCOCC3)c(C(F)(F)F)c2)cc1. The molecule has 4 aromatic rings. The van der Waals surface area contributed by atoms with Gasteiger partial charge in [0.15, 0.2) is 17.0 Å². The van der Waals surface area contributed by atoms with E-state index in [1.807, 2.05) is 0 Å². The topological polar surface area (TPSA) is 118 Å². The van der Waals surface area contributed by atoms with Gasteiger partial charge in [0.25, 0.3) is 0 Å². The van der Waals surface area contributed by atoms with Gasteiger partial charge in [-0.2, -0.15) is 13.2 Å². The molecule has 1 fully saturated rings. The van der Waals surface area contributed by atoms with Gasteiger partial charge in [0.05, 0.1) is 18.8 Å². The van der Waals surface area contributed by atoms with Crippen LogP contribution < -0.4 is 20.7 Å². The molecule has 1 saturated heterocycles. The van der Waals surface area contributed by atoms with Crippen LogP contribution in [0.2, 0.25) is 0 Å². The largest absolute Gasteiger partial charge is 0.492 e. The van der Waals surface area contributed by atoms with E-state index in [-0.39, 0.29) is 18.0 Å². The van der Waals surface area contributed by atoms with Gasteiger partial charge < -0.3 is 25.4 Å². The fourth-order valence-electron chi connectivity index (χ4n) is 4.27. The van der Waals surface area contributed by atoms with Gasteiger partial charge in [0.1, 0.15) is 25.0 Å². The summed E-state index contributed by atoms with van der Waals surface area (Å²) in [6, 6.07) is 9.57. The number of ether oxygens (including phenoxy) is 2. The fourth-order valence-corrected chi connectivity index (χ4v) is 4.27. The highest BCUT2D eigenvalue weighted by Crippen LogP contribution is 2.38. The van der Waals surface area contributed by atoms with Crippen LogP contribution in [0.1, 0.15) is 5.56 Å². The molecule has 1 aliphatic rings. The number of anilines is 3. The van der Waals surface area contributed by atoms with Crippen molar-refractivity contribution in [1.29, 1.82) is 0 Å². The number of carbonyl (C=O) groups excluding carboxylic acids is 1. The molecule has 3 N–H and O–H groups in total.